The highest BCUT2D eigenvalue weighted by Crippen LogP contribution is 2.35. The SMILES string of the molecule is NC1(c2ccc(OC3CCC3)cc2)CCCCC1. The van der Waals surface area contributed by atoms with Crippen LogP contribution < -0.4 is 10.5 Å². The minimum atomic E-state index is -0.0900. The Kier molecular flexibility index (Phi) is 3.29. The zero-order valence-corrected chi connectivity index (χ0v) is 11.0. The highest BCUT2D eigenvalue weighted by Gasteiger charge is 2.29. The number of hydrogen-bond acceptors (Lipinski definition) is 2. The number of nitrogens with two attached hydrogens (primary N) is 1. The van der Waals surface area contributed by atoms with Crippen LogP contribution in [0.25, 0.3) is 0 Å². The Bertz CT molecular complexity index is 388. The minimum absolute atomic E-state index is 0.0900. The molecule has 0 aliphatic heterocycles. The lowest BCUT2D eigenvalue weighted by Crippen LogP contribution is -2.38. The fourth-order valence-corrected chi connectivity index (χ4v) is 3.02. The summed E-state index contributed by atoms with van der Waals surface area (Å²) in [5, 5.41) is 0. The lowest BCUT2D eigenvalue weighted by molar-refractivity contribution is 0.120. The van der Waals surface area contributed by atoms with Crippen molar-refractivity contribution in [3.63, 3.8) is 0 Å². The van der Waals surface area contributed by atoms with Gasteiger partial charge < -0.3 is 10.5 Å². The summed E-state index contributed by atoms with van der Waals surface area (Å²) in [4.78, 5) is 0. The predicted octanol–water partition coefficient (Wildman–Crippen LogP) is 3.74. The predicted molar refractivity (Wildman–Crippen MR) is 73.7 cm³/mol. The molecule has 2 aliphatic carbocycles. The van der Waals surface area contributed by atoms with Crippen LogP contribution in [0.5, 0.6) is 5.75 Å². The quantitative estimate of drug-likeness (QED) is 0.880. The molecule has 0 heterocycles. The number of hydrogen-bond donors (Lipinski definition) is 1. The molecule has 2 N–H and O–H groups in total. The third kappa shape index (κ3) is 2.39. The lowest BCUT2D eigenvalue weighted by Gasteiger charge is -2.34. The van der Waals surface area contributed by atoms with Crippen LogP contribution in [0.4, 0.5) is 0 Å². The molecule has 18 heavy (non-hydrogen) atoms. The Morgan fingerprint density at radius 2 is 1.61 bits per heavy atom. The van der Waals surface area contributed by atoms with Gasteiger partial charge in [0.2, 0.25) is 0 Å². The zero-order valence-electron chi connectivity index (χ0n) is 11.0. The van der Waals surface area contributed by atoms with Crippen LogP contribution in [0, 0.1) is 0 Å². The van der Waals surface area contributed by atoms with Gasteiger partial charge >= 0.3 is 0 Å². The first-order chi connectivity index (χ1) is 8.76. The molecule has 98 valence electrons. The average molecular weight is 245 g/mol. The second kappa shape index (κ2) is 4.93. The van der Waals surface area contributed by atoms with E-state index >= 15 is 0 Å². The van der Waals surface area contributed by atoms with Crippen molar-refractivity contribution in [2.75, 3.05) is 0 Å². The van der Waals surface area contributed by atoms with Gasteiger partial charge in [0.25, 0.3) is 0 Å². The van der Waals surface area contributed by atoms with Crippen molar-refractivity contribution < 1.29 is 4.74 Å². The van der Waals surface area contributed by atoms with Gasteiger partial charge in [0.1, 0.15) is 5.75 Å². The minimum Gasteiger partial charge on any atom is -0.490 e. The summed E-state index contributed by atoms with van der Waals surface area (Å²) in [6, 6.07) is 8.52. The van der Waals surface area contributed by atoms with Gasteiger partial charge in [0.15, 0.2) is 0 Å². The van der Waals surface area contributed by atoms with E-state index in [9.17, 15) is 0 Å². The van der Waals surface area contributed by atoms with E-state index in [-0.39, 0.29) is 5.54 Å². The lowest BCUT2D eigenvalue weighted by atomic mass is 9.77. The van der Waals surface area contributed by atoms with Gasteiger partial charge in [-0.25, -0.2) is 0 Å². The van der Waals surface area contributed by atoms with Crippen LogP contribution in [0.15, 0.2) is 24.3 Å². The second-order valence-corrected chi connectivity index (χ2v) is 5.91. The maximum Gasteiger partial charge on any atom is 0.119 e. The third-order valence-electron chi connectivity index (χ3n) is 4.53. The van der Waals surface area contributed by atoms with Crippen molar-refractivity contribution >= 4 is 0 Å². The van der Waals surface area contributed by atoms with Gasteiger partial charge in [0.05, 0.1) is 6.10 Å². The Morgan fingerprint density at radius 1 is 0.944 bits per heavy atom. The van der Waals surface area contributed by atoms with Crippen molar-refractivity contribution in [3.8, 4) is 5.75 Å². The topological polar surface area (TPSA) is 35.2 Å². The van der Waals surface area contributed by atoms with Crippen LogP contribution in [-0.4, -0.2) is 6.10 Å². The smallest absolute Gasteiger partial charge is 0.119 e. The van der Waals surface area contributed by atoms with Gasteiger partial charge in [-0.1, -0.05) is 31.4 Å². The molecule has 2 nitrogen and oxygen atoms in total. The van der Waals surface area contributed by atoms with E-state index in [4.69, 9.17) is 10.5 Å². The first-order valence-electron chi connectivity index (χ1n) is 7.32. The molecule has 0 amide bonds. The first-order valence-corrected chi connectivity index (χ1v) is 7.32. The van der Waals surface area contributed by atoms with Crippen molar-refractivity contribution in [1.82, 2.24) is 0 Å². The fraction of sp³-hybridized carbons (Fsp3) is 0.625. The number of benzene rings is 1. The number of rotatable bonds is 3. The van der Waals surface area contributed by atoms with Crippen LogP contribution >= 0.6 is 0 Å². The Balaban J connectivity index is 1.69. The van der Waals surface area contributed by atoms with Crippen LogP contribution in [0.3, 0.4) is 0 Å². The molecule has 0 aromatic heterocycles. The van der Waals surface area contributed by atoms with Gasteiger partial charge in [-0.05, 0) is 49.8 Å². The average Bonchev–Trinajstić information content (AvgIpc) is 2.35. The van der Waals surface area contributed by atoms with Crippen LogP contribution in [0.2, 0.25) is 0 Å². The molecule has 2 saturated carbocycles. The monoisotopic (exact) mass is 245 g/mol. The molecule has 1 aromatic rings. The highest BCUT2D eigenvalue weighted by atomic mass is 16.5. The Labute approximate surface area is 110 Å². The van der Waals surface area contributed by atoms with Crippen molar-refractivity contribution in [2.45, 2.75) is 63.0 Å². The summed E-state index contributed by atoms with van der Waals surface area (Å²) in [5.41, 5.74) is 7.72. The molecule has 0 spiro atoms. The van der Waals surface area contributed by atoms with Gasteiger partial charge in [0, 0.05) is 5.54 Å². The summed E-state index contributed by atoms with van der Waals surface area (Å²) in [6.45, 7) is 0. The van der Waals surface area contributed by atoms with E-state index in [0.717, 1.165) is 18.6 Å². The van der Waals surface area contributed by atoms with E-state index < -0.39 is 0 Å². The van der Waals surface area contributed by atoms with E-state index in [0.29, 0.717) is 6.10 Å². The molecule has 2 aliphatic rings. The zero-order chi connectivity index (χ0) is 12.4. The number of ether oxygens (including phenoxy) is 1. The third-order valence-corrected chi connectivity index (χ3v) is 4.53. The summed E-state index contributed by atoms with van der Waals surface area (Å²) in [6.07, 6.45) is 10.3. The standard InChI is InChI=1S/C16H23NO/c17-16(11-2-1-3-12-16)13-7-9-15(10-8-13)18-14-5-4-6-14/h7-10,14H,1-6,11-12,17H2. The van der Waals surface area contributed by atoms with Gasteiger partial charge in [-0.15, -0.1) is 0 Å². The molecule has 0 unspecified atom stereocenters. The van der Waals surface area contributed by atoms with Gasteiger partial charge in [-0.3, -0.25) is 0 Å². The van der Waals surface area contributed by atoms with Gasteiger partial charge in [-0.2, -0.15) is 0 Å². The Hall–Kier alpha value is -1.02. The van der Waals surface area contributed by atoms with E-state index in [1.165, 1.54) is 44.1 Å². The summed E-state index contributed by atoms with van der Waals surface area (Å²) in [5.74, 6) is 1.00. The molecular formula is C16H23NO. The van der Waals surface area contributed by atoms with E-state index in [1.807, 2.05) is 0 Å². The normalized spacial score (nSPS) is 23.4. The van der Waals surface area contributed by atoms with Crippen LogP contribution in [0.1, 0.15) is 56.9 Å². The van der Waals surface area contributed by atoms with Crippen molar-refractivity contribution in [2.24, 2.45) is 5.73 Å². The van der Waals surface area contributed by atoms with E-state index in [2.05, 4.69) is 24.3 Å². The summed E-state index contributed by atoms with van der Waals surface area (Å²) >= 11 is 0. The largest absolute Gasteiger partial charge is 0.490 e. The molecule has 1 aromatic carbocycles. The first kappa shape index (κ1) is 12.0. The molecule has 2 fully saturated rings. The molecule has 0 atom stereocenters. The Morgan fingerprint density at radius 3 is 2.17 bits per heavy atom. The summed E-state index contributed by atoms with van der Waals surface area (Å²) < 4.78 is 5.88. The van der Waals surface area contributed by atoms with E-state index in [1.54, 1.807) is 0 Å². The summed E-state index contributed by atoms with van der Waals surface area (Å²) in [7, 11) is 0. The molecule has 0 radical (unpaired) electrons. The molecule has 0 bridgehead atoms. The molecule has 0 saturated heterocycles. The molecule has 2 heteroatoms. The van der Waals surface area contributed by atoms with Crippen LogP contribution in [-0.2, 0) is 5.54 Å². The van der Waals surface area contributed by atoms with Crippen molar-refractivity contribution in [1.29, 1.82) is 0 Å². The fourth-order valence-electron chi connectivity index (χ4n) is 3.02. The molecule has 3 rings (SSSR count). The van der Waals surface area contributed by atoms with Crippen molar-refractivity contribution in [3.05, 3.63) is 29.8 Å². The molecular weight excluding hydrogens is 222 g/mol. The maximum atomic E-state index is 6.53. The maximum absolute atomic E-state index is 6.53. The second-order valence-electron chi connectivity index (χ2n) is 5.91. The highest BCUT2D eigenvalue weighted by molar-refractivity contribution is 5.32.